The number of carbonyl (C=O) groups is 2. The Balaban J connectivity index is 1.50. The number of anilines is 2. The lowest BCUT2D eigenvalue weighted by Crippen LogP contribution is -2.39. The molecule has 10 nitrogen and oxygen atoms in total. The van der Waals surface area contributed by atoms with E-state index >= 15 is 0 Å². The van der Waals surface area contributed by atoms with Crippen LogP contribution in [0.15, 0.2) is 36.7 Å². The Labute approximate surface area is 200 Å². The van der Waals surface area contributed by atoms with Gasteiger partial charge < -0.3 is 25.1 Å². The van der Waals surface area contributed by atoms with E-state index in [-0.39, 0.29) is 24.4 Å². The second kappa shape index (κ2) is 11.6. The number of carbonyl (C=O) groups excluding carboxylic acids is 2. The zero-order valence-corrected chi connectivity index (χ0v) is 20.3. The van der Waals surface area contributed by atoms with Crippen molar-refractivity contribution in [1.29, 1.82) is 0 Å². The summed E-state index contributed by atoms with van der Waals surface area (Å²) in [5, 5.41) is 6.13. The molecule has 1 aliphatic rings. The van der Waals surface area contributed by atoms with E-state index < -0.39 is 5.97 Å². The van der Waals surface area contributed by atoms with Crippen molar-refractivity contribution in [2.24, 2.45) is 0 Å². The fourth-order valence-corrected chi connectivity index (χ4v) is 3.54. The van der Waals surface area contributed by atoms with Gasteiger partial charge in [-0.15, -0.1) is 5.48 Å². The summed E-state index contributed by atoms with van der Waals surface area (Å²) in [4.78, 5) is 40.0. The van der Waals surface area contributed by atoms with Crippen molar-refractivity contribution in [3.63, 3.8) is 0 Å². The molecule has 34 heavy (non-hydrogen) atoms. The van der Waals surface area contributed by atoms with Crippen LogP contribution < -0.4 is 25.8 Å². The lowest BCUT2D eigenvalue weighted by atomic mass is 10.0. The van der Waals surface area contributed by atoms with Crippen molar-refractivity contribution in [1.82, 2.24) is 20.8 Å². The number of nitrogens with one attached hydrogen (secondary N) is 3. The zero-order valence-electron chi connectivity index (χ0n) is 20.3. The van der Waals surface area contributed by atoms with Crippen LogP contribution in [0.5, 0.6) is 5.75 Å². The molecule has 1 saturated heterocycles. The Morgan fingerprint density at radius 3 is 2.50 bits per heavy atom. The van der Waals surface area contributed by atoms with Gasteiger partial charge in [-0.2, -0.15) is 0 Å². The average Bonchev–Trinajstić information content (AvgIpc) is 2.83. The minimum Gasteiger partial charge on any atom is -0.495 e. The van der Waals surface area contributed by atoms with Gasteiger partial charge in [-0.25, -0.2) is 9.97 Å². The molecule has 10 heteroatoms. The largest absolute Gasteiger partial charge is 0.495 e. The summed E-state index contributed by atoms with van der Waals surface area (Å²) in [6, 6.07) is 7.51. The molecule has 1 aromatic carbocycles. The van der Waals surface area contributed by atoms with E-state index in [1.807, 2.05) is 26.8 Å². The molecule has 0 aliphatic carbocycles. The molecular weight excluding hydrogens is 436 g/mol. The van der Waals surface area contributed by atoms with Gasteiger partial charge in [0.2, 0.25) is 5.95 Å². The average molecular weight is 471 g/mol. The van der Waals surface area contributed by atoms with Crippen LogP contribution in [0.3, 0.4) is 0 Å². The number of hydrogen-bond acceptors (Lipinski definition) is 9. The molecule has 1 fully saturated rings. The molecule has 0 saturated carbocycles. The van der Waals surface area contributed by atoms with Gasteiger partial charge in [0.15, 0.2) is 0 Å². The minimum absolute atomic E-state index is 0.0705. The van der Waals surface area contributed by atoms with Crippen LogP contribution in [0, 0.1) is 0 Å². The lowest BCUT2D eigenvalue weighted by molar-refractivity contribution is -0.154. The van der Waals surface area contributed by atoms with Gasteiger partial charge in [-0.3, -0.25) is 9.59 Å². The first-order valence-electron chi connectivity index (χ1n) is 11.5. The van der Waals surface area contributed by atoms with Gasteiger partial charge in [0.25, 0.3) is 5.91 Å². The second-order valence-electron chi connectivity index (χ2n) is 9.20. The molecule has 2 aromatic rings. The molecule has 1 aromatic heterocycles. The summed E-state index contributed by atoms with van der Waals surface area (Å²) in [5.74, 6) is 0.582. The van der Waals surface area contributed by atoms with E-state index in [0.717, 1.165) is 31.6 Å². The maximum atomic E-state index is 12.5. The van der Waals surface area contributed by atoms with Gasteiger partial charge in [0.1, 0.15) is 5.75 Å². The number of ether oxygens (including phenoxy) is 1. The SMILES string of the molecule is COc1cc(C(=O)NCCC(=O)ONC(C)(C)C)ccc1N1CCC(Nc2ncccn2)CC1. The predicted octanol–water partition coefficient (Wildman–Crippen LogP) is 2.53. The highest BCUT2D eigenvalue weighted by Crippen LogP contribution is 2.31. The van der Waals surface area contributed by atoms with E-state index in [2.05, 4.69) is 31.0 Å². The number of methoxy groups -OCH3 is 1. The van der Waals surface area contributed by atoms with Gasteiger partial charge in [0, 0.05) is 49.2 Å². The molecule has 0 bridgehead atoms. The van der Waals surface area contributed by atoms with E-state index in [1.54, 1.807) is 37.7 Å². The van der Waals surface area contributed by atoms with Crippen molar-refractivity contribution < 1.29 is 19.2 Å². The number of nitrogens with zero attached hydrogens (tertiary/aromatic N) is 3. The van der Waals surface area contributed by atoms with Gasteiger partial charge in [0.05, 0.1) is 19.2 Å². The quantitative estimate of drug-likeness (QED) is 0.475. The third kappa shape index (κ3) is 7.58. The molecule has 1 aliphatic heterocycles. The van der Waals surface area contributed by atoms with Gasteiger partial charge >= 0.3 is 5.97 Å². The molecule has 3 N–H and O–H groups in total. The zero-order chi connectivity index (χ0) is 24.6. The summed E-state index contributed by atoms with van der Waals surface area (Å²) in [7, 11) is 1.60. The Hall–Kier alpha value is -3.40. The predicted molar refractivity (Wildman–Crippen MR) is 130 cm³/mol. The fraction of sp³-hybridized carbons (Fsp3) is 0.500. The number of rotatable bonds is 9. The van der Waals surface area contributed by atoms with Crippen molar-refractivity contribution in [3.8, 4) is 5.75 Å². The van der Waals surface area contributed by atoms with Crippen molar-refractivity contribution >= 4 is 23.5 Å². The Kier molecular flexibility index (Phi) is 8.64. The van der Waals surface area contributed by atoms with Crippen molar-refractivity contribution in [2.75, 3.05) is 37.0 Å². The lowest BCUT2D eigenvalue weighted by Gasteiger charge is -2.34. The van der Waals surface area contributed by atoms with E-state index in [4.69, 9.17) is 9.57 Å². The number of benzene rings is 1. The van der Waals surface area contributed by atoms with Crippen LogP contribution in [0.4, 0.5) is 11.6 Å². The molecule has 0 spiro atoms. The summed E-state index contributed by atoms with van der Waals surface area (Å²) in [6.45, 7) is 7.53. The highest BCUT2D eigenvalue weighted by molar-refractivity contribution is 5.95. The molecule has 0 atom stereocenters. The molecule has 3 rings (SSSR count). The van der Waals surface area contributed by atoms with Crippen LogP contribution in [0.25, 0.3) is 0 Å². The van der Waals surface area contributed by atoms with E-state index in [9.17, 15) is 9.59 Å². The summed E-state index contributed by atoms with van der Waals surface area (Å²) in [5.41, 5.74) is 3.75. The molecular formula is C24H34N6O4. The van der Waals surface area contributed by atoms with Crippen LogP contribution in [0.2, 0.25) is 0 Å². The third-order valence-electron chi connectivity index (χ3n) is 5.26. The second-order valence-corrected chi connectivity index (χ2v) is 9.20. The van der Waals surface area contributed by atoms with Crippen molar-refractivity contribution in [2.45, 2.75) is 51.6 Å². The first kappa shape index (κ1) is 25.2. The van der Waals surface area contributed by atoms with Crippen LogP contribution >= 0.6 is 0 Å². The fourth-order valence-electron chi connectivity index (χ4n) is 3.54. The standard InChI is InChI=1S/C24H34N6O4/c1-24(2,3)29-34-21(31)8-13-25-22(32)17-6-7-19(20(16-17)33-4)30-14-9-18(10-15-30)28-23-26-11-5-12-27-23/h5-7,11-12,16,18,29H,8-10,13-15H2,1-4H3,(H,25,32)(H,26,27,28). The van der Waals surface area contributed by atoms with Crippen LogP contribution in [-0.4, -0.2) is 60.2 Å². The van der Waals surface area contributed by atoms with Crippen LogP contribution in [-0.2, 0) is 9.63 Å². The molecule has 2 heterocycles. The van der Waals surface area contributed by atoms with E-state index in [1.165, 1.54) is 0 Å². The highest BCUT2D eigenvalue weighted by atomic mass is 16.7. The summed E-state index contributed by atoms with van der Waals surface area (Å²) < 4.78 is 5.58. The summed E-state index contributed by atoms with van der Waals surface area (Å²) >= 11 is 0. The number of hydroxylamine groups is 1. The number of piperidine rings is 1. The maximum Gasteiger partial charge on any atom is 0.326 e. The maximum absolute atomic E-state index is 12.5. The first-order valence-corrected chi connectivity index (χ1v) is 11.5. The molecule has 0 unspecified atom stereocenters. The molecule has 0 radical (unpaired) electrons. The Bertz CT molecular complexity index is 956. The normalized spacial score (nSPS) is 14.4. The highest BCUT2D eigenvalue weighted by Gasteiger charge is 2.23. The molecule has 1 amide bonds. The topological polar surface area (TPSA) is 118 Å². The number of hydrogen-bond donors (Lipinski definition) is 3. The smallest absolute Gasteiger partial charge is 0.326 e. The number of amides is 1. The van der Waals surface area contributed by atoms with Gasteiger partial charge in [-0.05, 0) is 57.9 Å². The van der Waals surface area contributed by atoms with Crippen molar-refractivity contribution in [3.05, 3.63) is 42.2 Å². The minimum atomic E-state index is -0.431. The van der Waals surface area contributed by atoms with Crippen LogP contribution in [0.1, 0.15) is 50.4 Å². The Morgan fingerprint density at radius 1 is 1.15 bits per heavy atom. The number of aromatic nitrogens is 2. The Morgan fingerprint density at radius 2 is 1.85 bits per heavy atom. The third-order valence-corrected chi connectivity index (χ3v) is 5.26. The molecule has 184 valence electrons. The van der Waals surface area contributed by atoms with E-state index in [0.29, 0.717) is 23.3 Å². The first-order chi connectivity index (χ1) is 16.2. The monoisotopic (exact) mass is 470 g/mol. The van der Waals surface area contributed by atoms with Gasteiger partial charge in [-0.1, -0.05) is 0 Å². The summed E-state index contributed by atoms with van der Waals surface area (Å²) in [6.07, 6.45) is 5.39.